The highest BCUT2D eigenvalue weighted by atomic mass is 19.1. The van der Waals surface area contributed by atoms with Crippen molar-refractivity contribution in [1.82, 2.24) is 9.88 Å². The van der Waals surface area contributed by atoms with Crippen LogP contribution in [0.3, 0.4) is 0 Å². The second-order valence-electron chi connectivity index (χ2n) is 8.85. The van der Waals surface area contributed by atoms with Gasteiger partial charge in [0.05, 0.1) is 17.3 Å². The zero-order chi connectivity index (χ0) is 26.5. The van der Waals surface area contributed by atoms with Gasteiger partial charge in [0, 0.05) is 18.2 Å². The quantitative estimate of drug-likeness (QED) is 0.279. The largest absolute Gasteiger partial charge is 0.629 e. The van der Waals surface area contributed by atoms with Gasteiger partial charge in [-0.25, -0.2) is 18.6 Å². The zero-order valence-corrected chi connectivity index (χ0v) is 20.8. The predicted molar refractivity (Wildman–Crippen MR) is 139 cm³/mol. The van der Waals surface area contributed by atoms with Crippen molar-refractivity contribution in [2.75, 3.05) is 31.5 Å². The number of nitrogens with zero attached hydrogens (tertiary/aromatic N) is 2. The van der Waals surface area contributed by atoms with E-state index in [0.29, 0.717) is 29.1 Å². The molecule has 2 heterocycles. The number of rotatable bonds is 10. The van der Waals surface area contributed by atoms with Crippen LogP contribution in [0.5, 0.6) is 0 Å². The van der Waals surface area contributed by atoms with Crippen LogP contribution in [-0.4, -0.2) is 47.1 Å². The normalized spacial score (nSPS) is 16.6. The number of carboxylic acids is 1. The van der Waals surface area contributed by atoms with Crippen LogP contribution in [0.1, 0.15) is 53.5 Å². The number of benzene rings is 2. The number of halogens is 2. The van der Waals surface area contributed by atoms with Crippen molar-refractivity contribution in [2.45, 2.75) is 26.3 Å². The molecule has 0 bridgehead atoms. The molecule has 3 aromatic rings. The molecule has 2 unspecified atom stereocenters. The summed E-state index contributed by atoms with van der Waals surface area (Å²) in [6.45, 7) is 7.59. The fraction of sp³-hybridized carbons (Fsp3) is 0.286. The Kier molecular flexibility index (Phi) is 8.27. The molecule has 7 nitrogen and oxygen atoms in total. The van der Waals surface area contributed by atoms with Crippen molar-refractivity contribution in [1.29, 1.82) is 0 Å². The van der Waals surface area contributed by atoms with E-state index in [2.05, 4.69) is 29.0 Å². The lowest BCUT2D eigenvalue weighted by Crippen LogP contribution is -3.03. The summed E-state index contributed by atoms with van der Waals surface area (Å²) in [7, 11) is 0. The molecule has 1 aliphatic heterocycles. The molecule has 37 heavy (non-hydrogen) atoms. The van der Waals surface area contributed by atoms with Gasteiger partial charge in [0.2, 0.25) is 0 Å². The van der Waals surface area contributed by atoms with Gasteiger partial charge < -0.3 is 25.6 Å². The van der Waals surface area contributed by atoms with Crippen molar-refractivity contribution in [3.05, 3.63) is 94.0 Å². The first-order valence-corrected chi connectivity index (χ1v) is 12.3. The Bertz CT molecular complexity index is 1290. The van der Waals surface area contributed by atoms with Crippen molar-refractivity contribution in [3.8, 4) is 11.1 Å². The first-order chi connectivity index (χ1) is 17.8. The molecular formula is C28H30F2N4O3. The highest BCUT2D eigenvalue weighted by Crippen LogP contribution is 2.36. The molecule has 194 valence electrons. The third-order valence-electron chi connectivity index (χ3n) is 6.62. The van der Waals surface area contributed by atoms with Crippen LogP contribution in [-0.2, 0) is 0 Å². The van der Waals surface area contributed by atoms with Crippen LogP contribution in [0.2, 0.25) is 0 Å². The topological polar surface area (TPSA) is 93.0 Å². The zero-order valence-electron chi connectivity index (χ0n) is 20.8. The first-order valence-electron chi connectivity index (χ1n) is 12.3. The number of hydrogen-bond acceptors (Lipinski definition) is 5. The van der Waals surface area contributed by atoms with Crippen molar-refractivity contribution in [3.63, 3.8) is 0 Å². The van der Waals surface area contributed by atoms with Gasteiger partial charge in [-0.05, 0) is 67.5 Å². The average molecular weight is 509 g/mol. The second kappa shape index (κ2) is 11.6. The summed E-state index contributed by atoms with van der Waals surface area (Å²) in [5.41, 5.74) is 1.70. The van der Waals surface area contributed by atoms with Gasteiger partial charge >= 0.3 is 5.97 Å². The number of pyridine rings is 1. The van der Waals surface area contributed by atoms with Gasteiger partial charge in [0.1, 0.15) is 23.1 Å². The van der Waals surface area contributed by atoms with E-state index < -0.39 is 28.7 Å². The Hall–Kier alpha value is -3.66. The number of quaternary nitrogens is 1. The minimum Gasteiger partial charge on any atom is -0.629 e. The average Bonchev–Trinajstić information content (AvgIpc) is 2.89. The fourth-order valence-corrected chi connectivity index (χ4v) is 4.64. The summed E-state index contributed by atoms with van der Waals surface area (Å²) < 4.78 is 29.7. The molecule has 4 rings (SSSR count). The molecule has 0 saturated carbocycles. The molecule has 1 aromatic heterocycles. The molecule has 3 N–H and O–H groups in total. The minimum atomic E-state index is -1.26. The number of fused-ring (bicyclic) bond motifs is 1. The van der Waals surface area contributed by atoms with E-state index in [1.807, 2.05) is 0 Å². The number of hydrogen-bond donors (Lipinski definition) is 3. The van der Waals surface area contributed by atoms with Crippen LogP contribution in [0.4, 0.5) is 14.6 Å². The van der Waals surface area contributed by atoms with E-state index in [-0.39, 0.29) is 16.8 Å². The monoisotopic (exact) mass is 508 g/mol. The molecule has 0 spiro atoms. The fourth-order valence-electron chi connectivity index (χ4n) is 4.64. The molecule has 9 heteroatoms. The summed E-state index contributed by atoms with van der Waals surface area (Å²) in [5.74, 6) is -2.28. The maximum absolute atomic E-state index is 14.8. The minimum absolute atomic E-state index is 0.101. The maximum Gasteiger partial charge on any atom is 0.335 e. The van der Waals surface area contributed by atoms with E-state index in [1.54, 1.807) is 24.3 Å². The van der Waals surface area contributed by atoms with Crippen molar-refractivity contribution < 1.29 is 23.7 Å². The molecule has 2 atom stereocenters. The van der Waals surface area contributed by atoms with E-state index in [0.717, 1.165) is 38.2 Å². The standard InChI is InChI=1S/C28H30F2N4O3/c1-3-33(4-2)14-7-13-31-24-17-21(18-8-5-9-19(16-18)28(35)36)20-12-15-34(37)27(26(20)32-24)25-22(29)10-6-11-23(25)30/h5-6,8-12,15-17,27,34H,3-4,7,13-14H2,1-2H3,(H,31,32)(H,35,36). The maximum atomic E-state index is 14.8. The Morgan fingerprint density at radius 1 is 1.14 bits per heavy atom. The molecular weight excluding hydrogens is 478 g/mol. The van der Waals surface area contributed by atoms with Gasteiger partial charge in [0.15, 0.2) is 6.04 Å². The molecule has 2 aromatic carbocycles. The van der Waals surface area contributed by atoms with Gasteiger partial charge in [-0.1, -0.05) is 32.0 Å². The third-order valence-corrected chi connectivity index (χ3v) is 6.62. The summed E-state index contributed by atoms with van der Waals surface area (Å²) in [6.07, 6.45) is 3.71. The predicted octanol–water partition coefficient (Wildman–Crippen LogP) is 4.33. The van der Waals surface area contributed by atoms with Gasteiger partial charge in [-0.15, -0.1) is 0 Å². The first kappa shape index (κ1) is 26.4. The number of aromatic carboxylic acids is 1. The number of hydroxylamine groups is 2. The second-order valence-corrected chi connectivity index (χ2v) is 8.85. The van der Waals surface area contributed by atoms with Crippen LogP contribution in [0.15, 0.2) is 54.7 Å². The Balaban J connectivity index is 1.81. The SMILES string of the molecule is CCN(CC)CCCNc1cc(-c2cccc(C(=O)O)c2)c2c(n1)C(c1c(F)cccc1F)[NH+]([O-])C=C2. The van der Waals surface area contributed by atoms with Crippen LogP contribution in [0, 0.1) is 16.8 Å². The van der Waals surface area contributed by atoms with Gasteiger partial charge in [-0.2, -0.15) is 0 Å². The van der Waals surface area contributed by atoms with Crippen LogP contribution < -0.4 is 10.4 Å². The highest BCUT2D eigenvalue weighted by Gasteiger charge is 2.34. The number of carboxylic acid groups (broad SMARTS) is 1. The lowest BCUT2D eigenvalue weighted by molar-refractivity contribution is -0.821. The van der Waals surface area contributed by atoms with E-state index in [4.69, 9.17) is 0 Å². The molecule has 0 aliphatic carbocycles. The lowest BCUT2D eigenvalue weighted by atomic mass is 9.90. The Morgan fingerprint density at radius 3 is 2.51 bits per heavy atom. The Labute approximate surface area is 214 Å². The van der Waals surface area contributed by atoms with Gasteiger partial charge in [-0.3, -0.25) is 0 Å². The number of nitrogens with one attached hydrogen (secondary N) is 2. The summed E-state index contributed by atoms with van der Waals surface area (Å²) in [6, 6.07) is 10.4. The summed E-state index contributed by atoms with van der Waals surface area (Å²) in [4.78, 5) is 18.6. The van der Waals surface area contributed by atoms with Crippen LogP contribution in [0.25, 0.3) is 17.2 Å². The van der Waals surface area contributed by atoms with Gasteiger partial charge in [0.25, 0.3) is 0 Å². The number of aromatic nitrogens is 1. The lowest BCUT2D eigenvalue weighted by Gasteiger charge is -2.33. The summed E-state index contributed by atoms with van der Waals surface area (Å²) >= 11 is 0. The van der Waals surface area contributed by atoms with E-state index in [1.165, 1.54) is 24.4 Å². The van der Waals surface area contributed by atoms with Crippen molar-refractivity contribution >= 4 is 17.9 Å². The van der Waals surface area contributed by atoms with Crippen LogP contribution >= 0.6 is 0 Å². The molecule has 0 radical (unpaired) electrons. The number of anilines is 1. The molecule has 0 amide bonds. The smallest absolute Gasteiger partial charge is 0.335 e. The Morgan fingerprint density at radius 2 is 1.84 bits per heavy atom. The highest BCUT2D eigenvalue weighted by molar-refractivity contribution is 5.90. The number of carbonyl (C=O) groups is 1. The van der Waals surface area contributed by atoms with Crippen molar-refractivity contribution in [2.24, 2.45) is 0 Å². The van der Waals surface area contributed by atoms with E-state index >= 15 is 0 Å². The van der Waals surface area contributed by atoms with E-state index in [9.17, 15) is 23.9 Å². The molecule has 0 fully saturated rings. The molecule has 1 aliphatic rings. The molecule has 0 saturated heterocycles. The third kappa shape index (κ3) is 5.69. The summed E-state index contributed by atoms with van der Waals surface area (Å²) in [5, 5.41) is 25.3.